The summed E-state index contributed by atoms with van der Waals surface area (Å²) in [4.78, 5) is 0. The number of rotatable bonds is 0. The first-order valence-electron chi connectivity index (χ1n) is 4.69. The molecule has 13 heavy (non-hydrogen) atoms. The van der Waals surface area contributed by atoms with Crippen molar-refractivity contribution in [1.82, 2.24) is 0 Å². The summed E-state index contributed by atoms with van der Waals surface area (Å²) in [7, 11) is 4.13. The highest BCUT2D eigenvalue weighted by atomic mass is 33.1. The van der Waals surface area contributed by atoms with Gasteiger partial charge in [-0.3, -0.25) is 0 Å². The molecule has 0 N–H and O–H groups in total. The lowest BCUT2D eigenvalue weighted by molar-refractivity contribution is 0.446. The maximum atomic E-state index is 2.34. The van der Waals surface area contributed by atoms with E-state index in [1.165, 1.54) is 0 Å². The Labute approximate surface area is 94.8 Å². The van der Waals surface area contributed by atoms with Gasteiger partial charge in [0.15, 0.2) is 0 Å². The van der Waals surface area contributed by atoms with Crippen molar-refractivity contribution in [3.63, 3.8) is 0 Å². The molecular formula is C10H20S3. The monoisotopic (exact) mass is 236 g/mol. The molecule has 0 saturated carbocycles. The van der Waals surface area contributed by atoms with Gasteiger partial charge < -0.3 is 0 Å². The van der Waals surface area contributed by atoms with Crippen LogP contribution in [0.15, 0.2) is 0 Å². The van der Waals surface area contributed by atoms with Gasteiger partial charge in [0.05, 0.1) is 9.16 Å². The minimum atomic E-state index is 0.433. The zero-order valence-electron chi connectivity index (χ0n) is 9.38. The number of thioether (sulfide) groups is 1. The average Bonchev–Trinajstić information content (AvgIpc) is 2.28. The second-order valence-corrected chi connectivity index (χ2v) is 10.0. The predicted octanol–water partition coefficient (Wildman–Crippen LogP) is 4.86. The highest BCUT2D eigenvalue weighted by Crippen LogP contribution is 2.61. The summed E-state index contributed by atoms with van der Waals surface area (Å²) in [6.07, 6.45) is 0. The van der Waals surface area contributed by atoms with Gasteiger partial charge in [0.25, 0.3) is 0 Å². The molecule has 0 radical (unpaired) electrons. The highest BCUT2D eigenvalue weighted by Gasteiger charge is 2.40. The Bertz CT molecular complexity index is 156. The molecule has 1 fully saturated rings. The largest absolute Gasteiger partial charge is 0.130 e. The molecule has 0 aromatic carbocycles. The van der Waals surface area contributed by atoms with Crippen molar-refractivity contribution >= 4 is 33.3 Å². The Balaban J connectivity index is 2.55. The highest BCUT2D eigenvalue weighted by molar-refractivity contribution is 8.82. The number of hydrogen-bond donors (Lipinski definition) is 0. The van der Waals surface area contributed by atoms with Crippen LogP contribution in [0.1, 0.15) is 41.5 Å². The smallest absolute Gasteiger partial charge is 0.0666 e. The summed E-state index contributed by atoms with van der Waals surface area (Å²) < 4.78 is 1.50. The van der Waals surface area contributed by atoms with Crippen molar-refractivity contribution in [1.29, 1.82) is 0 Å². The van der Waals surface area contributed by atoms with E-state index in [1.807, 2.05) is 0 Å². The van der Waals surface area contributed by atoms with Crippen LogP contribution in [0.5, 0.6) is 0 Å². The molecule has 1 heterocycles. The van der Waals surface area contributed by atoms with Crippen molar-refractivity contribution in [3.8, 4) is 0 Å². The molecule has 1 aliphatic heterocycles. The van der Waals surface area contributed by atoms with Crippen LogP contribution >= 0.6 is 33.3 Å². The van der Waals surface area contributed by atoms with E-state index in [1.54, 1.807) is 0 Å². The molecule has 1 aliphatic rings. The van der Waals surface area contributed by atoms with E-state index in [4.69, 9.17) is 0 Å². The maximum absolute atomic E-state index is 2.34. The van der Waals surface area contributed by atoms with Crippen molar-refractivity contribution in [2.75, 3.05) is 0 Å². The van der Waals surface area contributed by atoms with E-state index in [2.05, 4.69) is 74.9 Å². The summed E-state index contributed by atoms with van der Waals surface area (Å²) in [5.74, 6) is 0. The van der Waals surface area contributed by atoms with Crippen LogP contribution in [0.3, 0.4) is 0 Å². The Kier molecular flexibility index (Phi) is 3.63. The zero-order chi connectivity index (χ0) is 10.3. The standard InChI is InChI=1S/C10H20S3/c1-9(2,3)7-11-8(13-12-7)10(4,5)6/h7-8H,1-6H3. The molecule has 0 bridgehead atoms. The molecule has 78 valence electrons. The molecule has 0 nitrogen and oxygen atoms in total. The third kappa shape index (κ3) is 3.28. The summed E-state index contributed by atoms with van der Waals surface area (Å²) in [5, 5.41) is 0. The summed E-state index contributed by atoms with van der Waals surface area (Å²) in [6, 6.07) is 0. The van der Waals surface area contributed by atoms with Crippen LogP contribution in [0.4, 0.5) is 0 Å². The van der Waals surface area contributed by atoms with E-state index in [9.17, 15) is 0 Å². The van der Waals surface area contributed by atoms with Crippen molar-refractivity contribution in [3.05, 3.63) is 0 Å². The lowest BCUT2D eigenvalue weighted by atomic mass is 10.00. The second-order valence-electron chi connectivity index (χ2n) is 5.72. The van der Waals surface area contributed by atoms with Crippen LogP contribution < -0.4 is 0 Å². The fraction of sp³-hybridized carbons (Fsp3) is 1.00. The van der Waals surface area contributed by atoms with Crippen LogP contribution in [0, 0.1) is 10.8 Å². The molecule has 2 unspecified atom stereocenters. The molecule has 0 aromatic heterocycles. The van der Waals surface area contributed by atoms with Crippen LogP contribution in [-0.2, 0) is 0 Å². The first-order valence-corrected chi connectivity index (χ1v) is 7.91. The van der Waals surface area contributed by atoms with E-state index < -0.39 is 0 Å². The van der Waals surface area contributed by atoms with Gasteiger partial charge in [0.2, 0.25) is 0 Å². The lowest BCUT2D eigenvalue weighted by Crippen LogP contribution is -2.22. The lowest BCUT2D eigenvalue weighted by Gasteiger charge is -2.28. The van der Waals surface area contributed by atoms with Crippen LogP contribution in [-0.4, -0.2) is 9.16 Å². The quantitative estimate of drug-likeness (QED) is 0.551. The van der Waals surface area contributed by atoms with E-state index >= 15 is 0 Å². The minimum Gasteiger partial charge on any atom is -0.130 e. The molecular weight excluding hydrogens is 216 g/mol. The Morgan fingerprint density at radius 3 is 1.15 bits per heavy atom. The SMILES string of the molecule is CC(C)(C)C1SSC(C(C)(C)C)S1. The van der Waals surface area contributed by atoms with Gasteiger partial charge in [0, 0.05) is 0 Å². The van der Waals surface area contributed by atoms with Gasteiger partial charge in [-0.1, -0.05) is 63.1 Å². The molecule has 0 aliphatic carbocycles. The van der Waals surface area contributed by atoms with E-state index in [-0.39, 0.29) is 0 Å². The van der Waals surface area contributed by atoms with Crippen LogP contribution in [0.25, 0.3) is 0 Å². The predicted molar refractivity (Wildman–Crippen MR) is 69.3 cm³/mol. The second kappa shape index (κ2) is 3.90. The van der Waals surface area contributed by atoms with Crippen molar-refractivity contribution in [2.45, 2.75) is 50.7 Å². The zero-order valence-corrected chi connectivity index (χ0v) is 11.8. The average molecular weight is 236 g/mol. The summed E-state index contributed by atoms with van der Waals surface area (Å²) >= 11 is 2.15. The molecule has 2 atom stereocenters. The fourth-order valence-corrected chi connectivity index (χ4v) is 7.99. The number of hydrogen-bond acceptors (Lipinski definition) is 3. The van der Waals surface area contributed by atoms with Crippen molar-refractivity contribution < 1.29 is 0 Å². The van der Waals surface area contributed by atoms with Gasteiger partial charge in [-0.15, -0.1) is 11.8 Å². The summed E-state index contributed by atoms with van der Waals surface area (Å²) in [6.45, 7) is 14.0. The Hall–Kier alpha value is 1.05. The van der Waals surface area contributed by atoms with Gasteiger partial charge in [-0.2, -0.15) is 0 Å². The maximum Gasteiger partial charge on any atom is 0.0666 e. The molecule has 0 amide bonds. The van der Waals surface area contributed by atoms with Crippen molar-refractivity contribution in [2.24, 2.45) is 10.8 Å². The van der Waals surface area contributed by atoms with Crippen LogP contribution in [0.2, 0.25) is 0 Å². The van der Waals surface area contributed by atoms with Gasteiger partial charge >= 0.3 is 0 Å². The Morgan fingerprint density at radius 1 is 0.692 bits per heavy atom. The minimum absolute atomic E-state index is 0.433. The normalized spacial score (nSPS) is 30.9. The van der Waals surface area contributed by atoms with Gasteiger partial charge in [-0.05, 0) is 10.8 Å². The van der Waals surface area contributed by atoms with E-state index in [0.717, 1.165) is 9.16 Å². The molecule has 0 aromatic rings. The molecule has 1 rings (SSSR count). The third-order valence-electron chi connectivity index (χ3n) is 1.89. The van der Waals surface area contributed by atoms with Gasteiger partial charge in [0.1, 0.15) is 0 Å². The Morgan fingerprint density at radius 2 is 1.00 bits per heavy atom. The third-order valence-corrected chi connectivity index (χ3v) is 9.14. The molecule has 3 heteroatoms. The first kappa shape index (κ1) is 12.1. The molecule has 1 saturated heterocycles. The van der Waals surface area contributed by atoms with E-state index in [0.29, 0.717) is 10.8 Å². The fourth-order valence-electron chi connectivity index (χ4n) is 0.955. The molecule has 0 spiro atoms. The van der Waals surface area contributed by atoms with Gasteiger partial charge in [-0.25, -0.2) is 0 Å². The topological polar surface area (TPSA) is 0 Å². The first-order chi connectivity index (χ1) is 5.71. The summed E-state index contributed by atoms with van der Waals surface area (Å²) in [5.41, 5.74) is 0.866.